The Morgan fingerprint density at radius 1 is 1.00 bits per heavy atom. The molecule has 0 unspecified atom stereocenters. The van der Waals surface area contributed by atoms with Crippen molar-refractivity contribution < 1.29 is 21.6 Å². The molecule has 0 N–H and O–H groups in total. The van der Waals surface area contributed by atoms with Crippen molar-refractivity contribution in [2.24, 2.45) is 0 Å². The predicted octanol–water partition coefficient (Wildman–Crippen LogP) is 2.50. The van der Waals surface area contributed by atoms with E-state index in [9.17, 15) is 21.6 Å². The number of hydrogen-bond acceptors (Lipinski definition) is 6. The maximum absolute atomic E-state index is 13.3. The number of halogens is 3. The Hall–Kier alpha value is -2.99. The van der Waals surface area contributed by atoms with Gasteiger partial charge < -0.3 is 4.90 Å². The molecule has 12 heteroatoms. The van der Waals surface area contributed by atoms with Crippen LogP contribution in [-0.4, -0.2) is 58.4 Å². The Morgan fingerprint density at radius 3 is 2.32 bits per heavy atom. The number of rotatable bonds is 4. The SMILES string of the molecule is Cc1nc(N2CCN(S(=O)(=O)c3ccccc3C(F)(F)F)CC2)cc(-n2ccnc2)n1. The zero-order valence-corrected chi connectivity index (χ0v) is 17.3. The Balaban J connectivity index is 1.55. The van der Waals surface area contributed by atoms with E-state index in [1.165, 1.54) is 12.1 Å². The van der Waals surface area contributed by atoms with Gasteiger partial charge >= 0.3 is 6.18 Å². The average molecular weight is 452 g/mol. The Bertz CT molecular complexity index is 1170. The molecular formula is C19H19F3N6O2S. The molecule has 164 valence electrons. The molecule has 0 spiro atoms. The molecule has 0 bridgehead atoms. The number of anilines is 1. The molecule has 4 rings (SSSR count). The van der Waals surface area contributed by atoms with Crippen molar-refractivity contribution in [2.45, 2.75) is 18.0 Å². The minimum absolute atomic E-state index is 0.0397. The molecule has 2 aromatic heterocycles. The molecule has 0 saturated carbocycles. The number of alkyl halides is 3. The number of sulfonamides is 1. The lowest BCUT2D eigenvalue weighted by atomic mass is 10.2. The van der Waals surface area contributed by atoms with E-state index >= 15 is 0 Å². The van der Waals surface area contributed by atoms with Crippen molar-refractivity contribution in [1.29, 1.82) is 0 Å². The van der Waals surface area contributed by atoms with Crippen LogP contribution in [-0.2, 0) is 16.2 Å². The average Bonchev–Trinajstić information content (AvgIpc) is 3.28. The summed E-state index contributed by atoms with van der Waals surface area (Å²) in [5.41, 5.74) is -1.16. The third kappa shape index (κ3) is 4.26. The van der Waals surface area contributed by atoms with Crippen LogP contribution in [0.1, 0.15) is 11.4 Å². The van der Waals surface area contributed by atoms with Gasteiger partial charge in [-0.1, -0.05) is 12.1 Å². The number of nitrogens with zero attached hydrogens (tertiary/aromatic N) is 6. The van der Waals surface area contributed by atoms with Crippen LogP contribution < -0.4 is 4.90 Å². The minimum Gasteiger partial charge on any atom is -0.354 e. The Morgan fingerprint density at radius 2 is 1.68 bits per heavy atom. The molecular weight excluding hydrogens is 433 g/mol. The fourth-order valence-electron chi connectivity index (χ4n) is 3.45. The minimum atomic E-state index is -4.76. The first kappa shape index (κ1) is 21.2. The van der Waals surface area contributed by atoms with Gasteiger partial charge in [0.05, 0.1) is 10.5 Å². The van der Waals surface area contributed by atoms with E-state index in [4.69, 9.17) is 0 Å². The number of aromatic nitrogens is 4. The van der Waals surface area contributed by atoms with Crippen molar-refractivity contribution >= 4 is 15.8 Å². The lowest BCUT2D eigenvalue weighted by Gasteiger charge is -2.35. The second kappa shape index (κ2) is 7.93. The molecule has 1 saturated heterocycles. The summed E-state index contributed by atoms with van der Waals surface area (Å²) in [5, 5.41) is 0. The van der Waals surface area contributed by atoms with E-state index in [-0.39, 0.29) is 26.2 Å². The number of imidazole rings is 1. The van der Waals surface area contributed by atoms with Crippen molar-refractivity contribution in [3.63, 3.8) is 0 Å². The monoisotopic (exact) mass is 452 g/mol. The zero-order chi connectivity index (χ0) is 22.2. The first-order valence-corrected chi connectivity index (χ1v) is 10.9. The summed E-state index contributed by atoms with van der Waals surface area (Å²) in [4.78, 5) is 13.9. The standard InChI is InChI=1S/C19H19F3N6O2S/c1-14-24-17(12-18(25-14)27-7-6-23-13-27)26-8-10-28(11-9-26)31(29,30)16-5-3-2-4-15(16)19(20,21)22/h2-7,12-13H,8-11H2,1H3. The van der Waals surface area contributed by atoms with Gasteiger partial charge in [-0.25, -0.2) is 23.4 Å². The van der Waals surface area contributed by atoms with Crippen molar-refractivity contribution in [1.82, 2.24) is 23.8 Å². The van der Waals surface area contributed by atoms with Crippen molar-refractivity contribution in [3.8, 4) is 5.82 Å². The second-order valence-corrected chi connectivity index (χ2v) is 8.89. The normalized spacial score (nSPS) is 15.9. The van der Waals surface area contributed by atoms with Crippen LogP contribution in [0, 0.1) is 6.92 Å². The van der Waals surface area contributed by atoms with E-state index in [2.05, 4.69) is 15.0 Å². The van der Waals surface area contributed by atoms with Gasteiger partial charge in [-0.3, -0.25) is 4.57 Å². The number of hydrogen-bond donors (Lipinski definition) is 0. The van der Waals surface area contributed by atoms with Gasteiger partial charge in [0.2, 0.25) is 10.0 Å². The fourth-order valence-corrected chi connectivity index (χ4v) is 5.08. The van der Waals surface area contributed by atoms with Gasteiger partial charge in [0.25, 0.3) is 0 Å². The van der Waals surface area contributed by atoms with Crippen LogP contribution >= 0.6 is 0 Å². The van der Waals surface area contributed by atoms with E-state index < -0.39 is 26.7 Å². The molecule has 3 aromatic rings. The summed E-state index contributed by atoms with van der Waals surface area (Å²) in [7, 11) is -4.29. The summed E-state index contributed by atoms with van der Waals surface area (Å²) in [6.07, 6.45) is 0.218. The summed E-state index contributed by atoms with van der Waals surface area (Å²) in [5.74, 6) is 1.77. The van der Waals surface area contributed by atoms with E-state index in [1.54, 1.807) is 36.3 Å². The molecule has 3 heterocycles. The molecule has 31 heavy (non-hydrogen) atoms. The molecule has 1 aliphatic heterocycles. The summed E-state index contributed by atoms with van der Waals surface area (Å²) < 4.78 is 68.6. The third-order valence-corrected chi connectivity index (χ3v) is 6.91. The van der Waals surface area contributed by atoms with Gasteiger partial charge in [-0.15, -0.1) is 0 Å². The number of piperazine rings is 1. The van der Waals surface area contributed by atoms with Crippen molar-refractivity contribution in [2.75, 3.05) is 31.1 Å². The van der Waals surface area contributed by atoms with Crippen LogP contribution in [0.15, 0.2) is 53.9 Å². The van der Waals surface area contributed by atoms with Crippen LogP contribution in [0.4, 0.5) is 19.0 Å². The summed E-state index contributed by atoms with van der Waals surface area (Å²) >= 11 is 0. The van der Waals surface area contributed by atoms with E-state index in [1.807, 2.05) is 4.90 Å². The molecule has 8 nitrogen and oxygen atoms in total. The molecule has 1 fully saturated rings. The van der Waals surface area contributed by atoms with Crippen LogP contribution in [0.25, 0.3) is 5.82 Å². The van der Waals surface area contributed by atoms with Gasteiger partial charge in [0.1, 0.15) is 23.8 Å². The highest BCUT2D eigenvalue weighted by molar-refractivity contribution is 7.89. The van der Waals surface area contributed by atoms with Crippen LogP contribution in [0.5, 0.6) is 0 Å². The topological polar surface area (TPSA) is 84.2 Å². The van der Waals surface area contributed by atoms with Gasteiger partial charge in [-0.05, 0) is 19.1 Å². The van der Waals surface area contributed by atoms with Gasteiger partial charge in [0, 0.05) is 44.6 Å². The quantitative estimate of drug-likeness (QED) is 0.605. The first-order chi connectivity index (χ1) is 14.7. The molecule has 0 atom stereocenters. The highest BCUT2D eigenvalue weighted by Gasteiger charge is 2.39. The van der Waals surface area contributed by atoms with E-state index in [0.717, 1.165) is 16.4 Å². The predicted molar refractivity (Wildman–Crippen MR) is 106 cm³/mol. The van der Waals surface area contributed by atoms with Gasteiger partial charge in [-0.2, -0.15) is 17.5 Å². The highest BCUT2D eigenvalue weighted by Crippen LogP contribution is 2.35. The summed E-state index contributed by atoms with van der Waals surface area (Å²) in [6.45, 7) is 2.40. The van der Waals surface area contributed by atoms with Crippen LogP contribution in [0.3, 0.4) is 0 Å². The highest BCUT2D eigenvalue weighted by atomic mass is 32.2. The lowest BCUT2D eigenvalue weighted by Crippen LogP contribution is -2.49. The largest absolute Gasteiger partial charge is 0.417 e. The smallest absolute Gasteiger partial charge is 0.354 e. The third-order valence-electron chi connectivity index (χ3n) is 4.95. The maximum Gasteiger partial charge on any atom is 0.417 e. The van der Waals surface area contributed by atoms with Crippen LogP contribution in [0.2, 0.25) is 0 Å². The maximum atomic E-state index is 13.3. The Labute approximate surface area is 177 Å². The van der Waals surface area contributed by atoms with Gasteiger partial charge in [0.15, 0.2) is 0 Å². The molecule has 1 aromatic carbocycles. The molecule has 0 radical (unpaired) electrons. The first-order valence-electron chi connectivity index (χ1n) is 9.41. The second-order valence-electron chi connectivity index (χ2n) is 6.99. The zero-order valence-electron chi connectivity index (χ0n) is 16.5. The molecule has 1 aliphatic rings. The lowest BCUT2D eigenvalue weighted by molar-refractivity contribution is -0.139. The van der Waals surface area contributed by atoms with Crippen molar-refractivity contribution in [3.05, 3.63) is 60.4 Å². The molecule has 0 amide bonds. The number of aryl methyl sites for hydroxylation is 1. The number of benzene rings is 1. The van der Waals surface area contributed by atoms with E-state index in [0.29, 0.717) is 17.5 Å². The summed E-state index contributed by atoms with van der Waals surface area (Å²) in [6, 6.07) is 6.01. The fraction of sp³-hybridized carbons (Fsp3) is 0.316. The molecule has 0 aliphatic carbocycles. The Kier molecular flexibility index (Phi) is 5.43.